The molecule has 1 heterocycles. The number of nitrogens with zero attached hydrogens (tertiary/aromatic N) is 3. The minimum atomic E-state index is -0.296. The molecule has 132 valence electrons. The molecule has 6 heteroatoms. The standard InChI is InChI=1S/C20H19N3O3/c1-22(15-8-4-3-5-9-15)20(25)13-23-14-21-17(12-19(23)24)16-10-6-7-11-18(16)26-2/h3-12,14H,13H2,1-2H3. The van der Waals surface area contributed by atoms with E-state index in [9.17, 15) is 9.59 Å². The van der Waals surface area contributed by atoms with Crippen LogP contribution in [-0.4, -0.2) is 29.6 Å². The Labute approximate surface area is 151 Å². The number of methoxy groups -OCH3 is 1. The molecule has 0 aliphatic heterocycles. The predicted molar refractivity (Wildman–Crippen MR) is 100 cm³/mol. The van der Waals surface area contributed by atoms with Gasteiger partial charge in [-0.1, -0.05) is 30.3 Å². The smallest absolute Gasteiger partial charge is 0.254 e. The van der Waals surface area contributed by atoms with E-state index in [0.717, 1.165) is 11.3 Å². The molecule has 0 bridgehead atoms. The monoisotopic (exact) mass is 349 g/mol. The van der Waals surface area contributed by atoms with E-state index in [2.05, 4.69) is 4.98 Å². The topological polar surface area (TPSA) is 64.4 Å². The van der Waals surface area contributed by atoms with Gasteiger partial charge in [-0.25, -0.2) is 4.98 Å². The van der Waals surface area contributed by atoms with Crippen LogP contribution in [-0.2, 0) is 11.3 Å². The molecule has 0 aliphatic rings. The molecule has 0 atom stereocenters. The summed E-state index contributed by atoms with van der Waals surface area (Å²) in [6, 6.07) is 18.0. The summed E-state index contributed by atoms with van der Waals surface area (Å²) < 4.78 is 6.60. The highest BCUT2D eigenvalue weighted by molar-refractivity contribution is 5.92. The fourth-order valence-electron chi connectivity index (χ4n) is 2.60. The zero-order chi connectivity index (χ0) is 18.5. The average Bonchev–Trinajstić information content (AvgIpc) is 2.69. The Bertz CT molecular complexity index is 967. The zero-order valence-corrected chi connectivity index (χ0v) is 14.6. The second kappa shape index (κ2) is 7.65. The number of carbonyl (C=O) groups excluding carboxylic acids is 1. The van der Waals surface area contributed by atoms with Gasteiger partial charge in [-0.15, -0.1) is 0 Å². The third kappa shape index (κ3) is 3.64. The van der Waals surface area contributed by atoms with Crippen molar-refractivity contribution < 1.29 is 9.53 Å². The van der Waals surface area contributed by atoms with Crippen molar-refractivity contribution in [1.82, 2.24) is 9.55 Å². The van der Waals surface area contributed by atoms with Crippen LogP contribution in [0.25, 0.3) is 11.3 Å². The maximum Gasteiger partial charge on any atom is 0.254 e. The first-order chi connectivity index (χ1) is 12.6. The first-order valence-corrected chi connectivity index (χ1v) is 8.11. The molecule has 6 nitrogen and oxygen atoms in total. The number of hydrogen-bond donors (Lipinski definition) is 0. The van der Waals surface area contributed by atoms with Gasteiger partial charge in [0.25, 0.3) is 5.56 Å². The van der Waals surface area contributed by atoms with Crippen molar-refractivity contribution >= 4 is 11.6 Å². The minimum Gasteiger partial charge on any atom is -0.496 e. The van der Waals surface area contributed by atoms with Crippen molar-refractivity contribution in [2.45, 2.75) is 6.54 Å². The molecular weight excluding hydrogens is 330 g/mol. The maximum atomic E-state index is 12.4. The number of carbonyl (C=O) groups is 1. The van der Waals surface area contributed by atoms with Gasteiger partial charge in [-0.05, 0) is 24.3 Å². The van der Waals surface area contributed by atoms with E-state index in [1.807, 2.05) is 48.5 Å². The third-order valence-corrected chi connectivity index (χ3v) is 4.09. The first kappa shape index (κ1) is 17.4. The summed E-state index contributed by atoms with van der Waals surface area (Å²) in [5.74, 6) is 0.433. The highest BCUT2D eigenvalue weighted by Crippen LogP contribution is 2.26. The summed E-state index contributed by atoms with van der Waals surface area (Å²) in [5, 5.41) is 0. The van der Waals surface area contributed by atoms with Crippen LogP contribution >= 0.6 is 0 Å². The number of amides is 1. The Morgan fingerprint density at radius 3 is 2.50 bits per heavy atom. The Balaban J connectivity index is 1.82. The van der Waals surface area contributed by atoms with Crippen molar-refractivity contribution in [1.29, 1.82) is 0 Å². The van der Waals surface area contributed by atoms with E-state index in [0.29, 0.717) is 11.4 Å². The van der Waals surface area contributed by atoms with Gasteiger partial charge in [0.1, 0.15) is 12.3 Å². The van der Waals surface area contributed by atoms with Gasteiger partial charge in [0.05, 0.1) is 19.1 Å². The summed E-state index contributed by atoms with van der Waals surface area (Å²) >= 11 is 0. The van der Waals surface area contributed by atoms with Gasteiger partial charge in [0.2, 0.25) is 5.91 Å². The van der Waals surface area contributed by atoms with Crippen LogP contribution < -0.4 is 15.2 Å². The van der Waals surface area contributed by atoms with Crippen LogP contribution in [0.3, 0.4) is 0 Å². The van der Waals surface area contributed by atoms with E-state index in [-0.39, 0.29) is 18.0 Å². The Morgan fingerprint density at radius 1 is 1.12 bits per heavy atom. The number of likely N-dealkylation sites (N-methyl/N-ethyl adjacent to an activating group) is 1. The molecule has 0 spiro atoms. The molecule has 2 aromatic carbocycles. The third-order valence-electron chi connectivity index (χ3n) is 4.09. The van der Waals surface area contributed by atoms with Crippen molar-refractivity contribution in [3.05, 3.63) is 77.3 Å². The van der Waals surface area contributed by atoms with Crippen molar-refractivity contribution in [2.75, 3.05) is 19.1 Å². The minimum absolute atomic E-state index is 0.0799. The van der Waals surface area contributed by atoms with E-state index in [1.165, 1.54) is 21.9 Å². The number of ether oxygens (including phenoxy) is 1. The lowest BCUT2D eigenvalue weighted by molar-refractivity contribution is -0.118. The van der Waals surface area contributed by atoms with E-state index >= 15 is 0 Å². The molecule has 0 unspecified atom stereocenters. The van der Waals surface area contributed by atoms with Crippen molar-refractivity contribution in [3.63, 3.8) is 0 Å². The largest absolute Gasteiger partial charge is 0.496 e. The van der Waals surface area contributed by atoms with Gasteiger partial charge < -0.3 is 9.64 Å². The fourth-order valence-corrected chi connectivity index (χ4v) is 2.60. The molecule has 0 aliphatic carbocycles. The summed E-state index contributed by atoms with van der Waals surface area (Å²) in [5.41, 5.74) is 1.71. The number of rotatable bonds is 5. The molecule has 26 heavy (non-hydrogen) atoms. The molecule has 3 rings (SSSR count). The average molecular weight is 349 g/mol. The second-order valence-electron chi connectivity index (χ2n) is 5.73. The molecule has 3 aromatic rings. The maximum absolute atomic E-state index is 12.4. The van der Waals surface area contributed by atoms with Crippen LogP contribution in [0.2, 0.25) is 0 Å². The molecular formula is C20H19N3O3. The molecule has 1 amide bonds. The molecule has 0 saturated heterocycles. The quantitative estimate of drug-likeness (QED) is 0.710. The highest BCUT2D eigenvalue weighted by atomic mass is 16.5. The molecule has 0 N–H and O–H groups in total. The number of aromatic nitrogens is 2. The molecule has 0 saturated carbocycles. The lowest BCUT2D eigenvalue weighted by atomic mass is 10.1. The Hall–Kier alpha value is -3.41. The van der Waals surface area contributed by atoms with E-state index < -0.39 is 0 Å². The summed E-state index contributed by atoms with van der Waals surface area (Å²) in [4.78, 5) is 30.7. The fraction of sp³-hybridized carbons (Fsp3) is 0.150. The van der Waals surface area contributed by atoms with Crippen LogP contribution in [0.5, 0.6) is 5.75 Å². The van der Waals surface area contributed by atoms with Gasteiger partial charge >= 0.3 is 0 Å². The second-order valence-corrected chi connectivity index (χ2v) is 5.73. The van der Waals surface area contributed by atoms with Gasteiger partial charge in [0, 0.05) is 24.4 Å². The zero-order valence-electron chi connectivity index (χ0n) is 14.6. The summed E-state index contributed by atoms with van der Waals surface area (Å²) in [7, 11) is 3.25. The number of anilines is 1. The lowest BCUT2D eigenvalue weighted by Gasteiger charge is -2.17. The van der Waals surface area contributed by atoms with E-state index in [1.54, 1.807) is 20.2 Å². The number of para-hydroxylation sites is 2. The molecule has 0 fully saturated rings. The van der Waals surface area contributed by atoms with Crippen LogP contribution in [0.1, 0.15) is 0 Å². The predicted octanol–water partition coefficient (Wildman–Crippen LogP) is 2.58. The van der Waals surface area contributed by atoms with Crippen molar-refractivity contribution in [2.24, 2.45) is 0 Å². The van der Waals surface area contributed by atoms with Gasteiger partial charge in [0.15, 0.2) is 0 Å². The van der Waals surface area contributed by atoms with Gasteiger partial charge in [-0.3, -0.25) is 14.2 Å². The summed E-state index contributed by atoms with van der Waals surface area (Å²) in [6.45, 7) is -0.0799. The first-order valence-electron chi connectivity index (χ1n) is 8.11. The normalized spacial score (nSPS) is 10.4. The number of benzene rings is 2. The SMILES string of the molecule is COc1ccccc1-c1cc(=O)n(CC(=O)N(C)c2ccccc2)cn1. The van der Waals surface area contributed by atoms with E-state index in [4.69, 9.17) is 4.74 Å². The van der Waals surface area contributed by atoms with Crippen LogP contribution in [0.15, 0.2) is 71.8 Å². The summed E-state index contributed by atoms with van der Waals surface area (Å²) in [6.07, 6.45) is 1.39. The van der Waals surface area contributed by atoms with Crippen LogP contribution in [0.4, 0.5) is 5.69 Å². The lowest BCUT2D eigenvalue weighted by Crippen LogP contribution is -2.33. The Morgan fingerprint density at radius 2 is 1.81 bits per heavy atom. The molecule has 0 radical (unpaired) electrons. The van der Waals surface area contributed by atoms with Crippen molar-refractivity contribution in [3.8, 4) is 17.0 Å². The number of hydrogen-bond acceptors (Lipinski definition) is 4. The van der Waals surface area contributed by atoms with Crippen LogP contribution in [0, 0.1) is 0 Å². The van der Waals surface area contributed by atoms with Gasteiger partial charge in [-0.2, -0.15) is 0 Å². The Kier molecular flexibility index (Phi) is 5.12. The molecule has 1 aromatic heterocycles. The highest BCUT2D eigenvalue weighted by Gasteiger charge is 2.13.